The molecule has 0 atom stereocenters. The lowest BCUT2D eigenvalue weighted by Gasteiger charge is -2.06. The Balaban J connectivity index is 0.00000169. The van der Waals surface area contributed by atoms with E-state index in [0.717, 1.165) is 0 Å². The summed E-state index contributed by atoms with van der Waals surface area (Å²) in [6.07, 6.45) is 4.47. The maximum Gasteiger partial charge on any atom is 0.200 e. The topological polar surface area (TPSA) is 124 Å². The van der Waals surface area contributed by atoms with Crippen molar-refractivity contribution in [1.82, 2.24) is 15.3 Å². The number of halogens is 1. The molecule has 0 saturated carbocycles. The van der Waals surface area contributed by atoms with Gasteiger partial charge in [-0.3, -0.25) is 21.1 Å². The molecule has 0 unspecified atom stereocenters. The molecule has 0 aromatic carbocycles. The minimum atomic E-state index is -0.304. The quantitative estimate of drug-likeness (QED) is 0.326. The minimum Gasteiger partial charge on any atom is -0.370 e. The molecule has 1 rings (SSSR count). The van der Waals surface area contributed by atoms with E-state index in [4.69, 9.17) is 16.6 Å². The second-order valence-corrected chi connectivity index (χ2v) is 2.13. The summed E-state index contributed by atoms with van der Waals surface area (Å²) in [5, 5.41) is 18.9. The van der Waals surface area contributed by atoms with Gasteiger partial charge in [-0.25, -0.2) is 4.98 Å². The van der Waals surface area contributed by atoms with E-state index in [9.17, 15) is 0 Å². The number of nitrogens with two attached hydrogens (primary N) is 1. The molecule has 76 valence electrons. The Morgan fingerprint density at radius 2 is 2.07 bits per heavy atom. The Morgan fingerprint density at radius 1 is 1.36 bits per heavy atom. The highest BCUT2D eigenvalue weighted by atomic mass is 35.5. The van der Waals surface area contributed by atoms with Gasteiger partial charge in [0.1, 0.15) is 0 Å². The summed E-state index contributed by atoms with van der Waals surface area (Å²) in [5.41, 5.74) is 5.00. The van der Waals surface area contributed by atoms with Gasteiger partial charge in [-0.1, -0.05) is 0 Å². The highest BCUT2D eigenvalue weighted by Crippen LogP contribution is 1.94. The third-order valence-electron chi connectivity index (χ3n) is 1.08. The zero-order chi connectivity index (χ0) is 9.68. The van der Waals surface area contributed by atoms with Crippen LogP contribution in [0.2, 0.25) is 0 Å². The second kappa shape index (κ2) is 5.70. The number of anilines is 1. The van der Waals surface area contributed by atoms with Gasteiger partial charge in [-0.2, -0.15) is 0 Å². The molecule has 7 nitrogen and oxygen atoms in total. The molecule has 0 bridgehead atoms. The molecule has 0 amide bonds. The van der Waals surface area contributed by atoms with Crippen LogP contribution in [-0.2, 0) is 0 Å². The summed E-state index contributed by atoms with van der Waals surface area (Å²) in [7, 11) is 0. The normalized spacial score (nSPS) is 8.29. The van der Waals surface area contributed by atoms with Gasteiger partial charge in [0, 0.05) is 12.4 Å². The molecule has 0 fully saturated rings. The standard InChI is InChI=1S/C6H9N7.ClH/c7-5(8)13-6(9)12-4-3-10-1-2-11-4;/h1-3H,(H6,7,8,9,11,12,13);1H. The summed E-state index contributed by atoms with van der Waals surface area (Å²) in [6.45, 7) is 0. The van der Waals surface area contributed by atoms with Crippen molar-refractivity contribution in [3.8, 4) is 0 Å². The lowest BCUT2D eigenvalue weighted by molar-refractivity contribution is 1.16. The number of nitrogens with one attached hydrogen (secondary N) is 4. The molecule has 0 aliphatic carbocycles. The van der Waals surface area contributed by atoms with Crippen molar-refractivity contribution in [1.29, 1.82) is 10.8 Å². The highest BCUT2D eigenvalue weighted by molar-refractivity contribution is 6.01. The fourth-order valence-corrected chi connectivity index (χ4v) is 0.658. The molecule has 1 aromatic heterocycles. The first-order valence-corrected chi connectivity index (χ1v) is 3.41. The lowest BCUT2D eigenvalue weighted by Crippen LogP contribution is -2.39. The Labute approximate surface area is 86.6 Å². The van der Waals surface area contributed by atoms with E-state index < -0.39 is 0 Å². The van der Waals surface area contributed by atoms with Crippen molar-refractivity contribution in [3.63, 3.8) is 0 Å². The summed E-state index contributed by atoms with van der Waals surface area (Å²) in [4.78, 5) is 7.64. The number of nitrogens with zero attached hydrogens (tertiary/aromatic N) is 2. The molecule has 14 heavy (non-hydrogen) atoms. The maximum absolute atomic E-state index is 7.25. The number of aromatic nitrogens is 2. The monoisotopic (exact) mass is 215 g/mol. The first-order valence-electron chi connectivity index (χ1n) is 3.41. The number of rotatable bonds is 1. The lowest BCUT2D eigenvalue weighted by atomic mass is 10.6. The van der Waals surface area contributed by atoms with Gasteiger partial charge in [-0.15, -0.1) is 12.4 Å². The summed E-state index contributed by atoms with van der Waals surface area (Å²) in [5.74, 6) is -0.00404. The number of hydrogen-bond donors (Lipinski definition) is 5. The van der Waals surface area contributed by atoms with Crippen LogP contribution in [0.4, 0.5) is 5.82 Å². The van der Waals surface area contributed by atoms with Crippen molar-refractivity contribution in [2.45, 2.75) is 0 Å². The third-order valence-corrected chi connectivity index (χ3v) is 1.08. The molecule has 1 aromatic rings. The minimum absolute atomic E-state index is 0. The van der Waals surface area contributed by atoms with E-state index in [0.29, 0.717) is 5.82 Å². The van der Waals surface area contributed by atoms with Crippen LogP contribution in [0.5, 0.6) is 0 Å². The van der Waals surface area contributed by atoms with Crippen molar-refractivity contribution in [3.05, 3.63) is 18.6 Å². The molecule has 1 heterocycles. The Bertz CT molecular complexity index is 311. The SMILES string of the molecule is Cl.N=C(N)NC(=N)Nc1cnccn1. The van der Waals surface area contributed by atoms with E-state index >= 15 is 0 Å². The fraction of sp³-hybridized carbons (Fsp3) is 0. The Kier molecular flexibility index (Phi) is 4.93. The van der Waals surface area contributed by atoms with Gasteiger partial charge >= 0.3 is 0 Å². The molecule has 0 aliphatic rings. The number of guanidine groups is 2. The van der Waals surface area contributed by atoms with E-state index in [2.05, 4.69) is 20.6 Å². The number of hydrogen-bond acceptors (Lipinski definition) is 4. The zero-order valence-electron chi connectivity index (χ0n) is 7.11. The van der Waals surface area contributed by atoms with Crippen molar-refractivity contribution in [2.24, 2.45) is 5.73 Å². The van der Waals surface area contributed by atoms with Crippen molar-refractivity contribution >= 4 is 30.1 Å². The van der Waals surface area contributed by atoms with Crippen LogP contribution < -0.4 is 16.4 Å². The molecule has 8 heteroatoms. The van der Waals surface area contributed by atoms with Gasteiger partial charge in [0.2, 0.25) is 5.96 Å². The van der Waals surface area contributed by atoms with Crippen molar-refractivity contribution < 1.29 is 0 Å². The van der Waals surface area contributed by atoms with Gasteiger partial charge < -0.3 is 11.1 Å². The first kappa shape index (κ1) is 12.1. The average Bonchev–Trinajstić information content (AvgIpc) is 2.04. The van der Waals surface area contributed by atoms with Crippen LogP contribution in [0.25, 0.3) is 0 Å². The predicted octanol–water partition coefficient (Wildman–Crippen LogP) is -0.272. The molecule has 0 aliphatic heterocycles. The molecule has 0 saturated heterocycles. The van der Waals surface area contributed by atoms with Crippen LogP contribution in [0.1, 0.15) is 0 Å². The largest absolute Gasteiger partial charge is 0.370 e. The van der Waals surface area contributed by atoms with Crippen molar-refractivity contribution in [2.75, 3.05) is 5.32 Å². The Hall–Kier alpha value is -1.89. The first-order chi connectivity index (χ1) is 6.18. The van der Waals surface area contributed by atoms with E-state index in [-0.39, 0.29) is 24.3 Å². The smallest absolute Gasteiger partial charge is 0.200 e. The van der Waals surface area contributed by atoms with Crippen LogP contribution in [0.15, 0.2) is 18.6 Å². The summed E-state index contributed by atoms with van der Waals surface area (Å²) >= 11 is 0. The van der Waals surface area contributed by atoms with Crippen LogP contribution in [0, 0.1) is 10.8 Å². The summed E-state index contributed by atoms with van der Waals surface area (Å²) in [6, 6.07) is 0. The summed E-state index contributed by atoms with van der Waals surface area (Å²) < 4.78 is 0. The van der Waals surface area contributed by atoms with Gasteiger partial charge in [-0.05, 0) is 0 Å². The van der Waals surface area contributed by atoms with E-state index in [1.165, 1.54) is 18.6 Å². The predicted molar refractivity (Wildman–Crippen MR) is 55.7 cm³/mol. The third kappa shape index (κ3) is 4.21. The highest BCUT2D eigenvalue weighted by Gasteiger charge is 1.97. The Morgan fingerprint density at radius 3 is 2.57 bits per heavy atom. The second-order valence-electron chi connectivity index (χ2n) is 2.13. The molecular formula is C6H10ClN7. The molecular weight excluding hydrogens is 206 g/mol. The zero-order valence-corrected chi connectivity index (χ0v) is 7.93. The average molecular weight is 216 g/mol. The van der Waals surface area contributed by atoms with Crippen LogP contribution >= 0.6 is 12.4 Å². The van der Waals surface area contributed by atoms with Gasteiger partial charge in [0.05, 0.1) is 6.20 Å². The van der Waals surface area contributed by atoms with E-state index in [1.807, 2.05) is 0 Å². The molecule has 0 spiro atoms. The van der Waals surface area contributed by atoms with E-state index in [1.54, 1.807) is 0 Å². The van der Waals surface area contributed by atoms with Gasteiger partial charge in [0.15, 0.2) is 11.8 Å². The fourth-order valence-electron chi connectivity index (χ4n) is 0.658. The maximum atomic E-state index is 7.25. The van der Waals surface area contributed by atoms with Crippen LogP contribution in [-0.4, -0.2) is 21.9 Å². The molecule has 6 N–H and O–H groups in total. The van der Waals surface area contributed by atoms with Crippen LogP contribution in [0.3, 0.4) is 0 Å². The molecule has 0 radical (unpaired) electrons. The van der Waals surface area contributed by atoms with Gasteiger partial charge in [0.25, 0.3) is 0 Å².